The lowest BCUT2D eigenvalue weighted by atomic mass is 10.1. The molecule has 1 aliphatic heterocycles. The number of Topliss-reactive ketones (excluding diaryl/α,β-unsaturated/α-hetero) is 1. The van der Waals surface area contributed by atoms with E-state index in [9.17, 15) is 9.59 Å². The number of rotatable bonds is 5. The maximum atomic E-state index is 12.2. The van der Waals surface area contributed by atoms with Crippen molar-refractivity contribution >= 4 is 33.8 Å². The Morgan fingerprint density at radius 1 is 1.43 bits per heavy atom. The Labute approximate surface area is 129 Å². The number of thiophene rings is 1. The fourth-order valence-electron chi connectivity index (χ4n) is 2.54. The molecule has 1 aromatic rings. The van der Waals surface area contributed by atoms with Gasteiger partial charge in [-0.05, 0) is 19.3 Å². The highest BCUT2D eigenvalue weighted by Gasteiger charge is 2.31. The highest BCUT2D eigenvalue weighted by atomic mass is 32.1. The topological polar surface area (TPSA) is 72.6 Å². The van der Waals surface area contributed by atoms with Crippen LogP contribution in [0.1, 0.15) is 53.6 Å². The highest BCUT2D eigenvalue weighted by Crippen LogP contribution is 2.41. The molecule has 1 aliphatic rings. The fourth-order valence-corrected chi connectivity index (χ4v) is 3.80. The lowest BCUT2D eigenvalue weighted by molar-refractivity contribution is 0.0529. The molecule has 1 saturated heterocycles. The SMILES string of the molecule is CCOC(=O)c1c(N2CCC(C)C2)sc(C(=O)CC)c1N. The number of nitrogens with two attached hydrogens (primary N) is 1. The summed E-state index contributed by atoms with van der Waals surface area (Å²) < 4.78 is 5.11. The molecule has 1 unspecified atom stereocenters. The minimum Gasteiger partial charge on any atom is -0.462 e. The van der Waals surface area contributed by atoms with Crippen LogP contribution in [0.3, 0.4) is 0 Å². The molecule has 2 rings (SSSR count). The molecule has 6 heteroatoms. The first-order chi connectivity index (χ1) is 9.99. The first-order valence-electron chi connectivity index (χ1n) is 7.37. The molecular formula is C15H22N2O3S. The number of anilines is 2. The molecule has 0 saturated carbocycles. The van der Waals surface area contributed by atoms with Gasteiger partial charge in [-0.15, -0.1) is 11.3 Å². The van der Waals surface area contributed by atoms with Gasteiger partial charge in [0.2, 0.25) is 0 Å². The standard InChI is InChI=1S/C15H22N2O3S/c1-4-10(18)13-12(16)11(15(19)20-5-2)14(21-13)17-7-6-9(3)8-17/h9H,4-8,16H2,1-3H3. The number of hydrogen-bond donors (Lipinski definition) is 1. The number of carbonyl (C=O) groups excluding carboxylic acids is 2. The van der Waals surface area contributed by atoms with Crippen LogP contribution >= 0.6 is 11.3 Å². The van der Waals surface area contributed by atoms with Crippen molar-refractivity contribution in [1.82, 2.24) is 0 Å². The molecule has 0 aliphatic carbocycles. The molecule has 1 atom stereocenters. The number of ether oxygens (including phenoxy) is 1. The molecule has 2 heterocycles. The number of ketones is 1. The molecule has 0 aromatic carbocycles. The normalized spacial score (nSPS) is 18.0. The van der Waals surface area contributed by atoms with Gasteiger partial charge in [-0.3, -0.25) is 4.79 Å². The van der Waals surface area contributed by atoms with Crippen molar-refractivity contribution in [3.05, 3.63) is 10.4 Å². The molecule has 1 fully saturated rings. The van der Waals surface area contributed by atoms with Gasteiger partial charge in [0.15, 0.2) is 5.78 Å². The maximum Gasteiger partial charge on any atom is 0.343 e. The number of nitrogen functional groups attached to an aromatic ring is 1. The van der Waals surface area contributed by atoms with E-state index in [1.54, 1.807) is 13.8 Å². The van der Waals surface area contributed by atoms with E-state index in [4.69, 9.17) is 10.5 Å². The zero-order valence-corrected chi connectivity index (χ0v) is 13.6. The zero-order chi connectivity index (χ0) is 15.6. The minimum absolute atomic E-state index is 0.0263. The summed E-state index contributed by atoms with van der Waals surface area (Å²) in [6.07, 6.45) is 1.46. The molecular weight excluding hydrogens is 288 g/mol. The second-order valence-corrected chi connectivity index (χ2v) is 6.36. The summed E-state index contributed by atoms with van der Waals surface area (Å²) in [4.78, 5) is 26.9. The Balaban J connectivity index is 2.46. The van der Waals surface area contributed by atoms with Crippen molar-refractivity contribution in [2.24, 2.45) is 5.92 Å². The Hall–Kier alpha value is -1.56. The largest absolute Gasteiger partial charge is 0.462 e. The number of carbonyl (C=O) groups is 2. The molecule has 0 amide bonds. The summed E-state index contributed by atoms with van der Waals surface area (Å²) in [5, 5.41) is 0.784. The molecule has 21 heavy (non-hydrogen) atoms. The van der Waals surface area contributed by atoms with E-state index in [0.29, 0.717) is 29.4 Å². The highest BCUT2D eigenvalue weighted by molar-refractivity contribution is 7.19. The predicted molar refractivity (Wildman–Crippen MR) is 85.3 cm³/mol. The number of nitrogens with zero attached hydrogens (tertiary/aromatic N) is 1. The van der Waals surface area contributed by atoms with Crippen LogP contribution in [-0.2, 0) is 4.74 Å². The minimum atomic E-state index is -0.434. The smallest absolute Gasteiger partial charge is 0.343 e. The van der Waals surface area contributed by atoms with E-state index in [1.807, 2.05) is 0 Å². The van der Waals surface area contributed by atoms with Gasteiger partial charge in [-0.25, -0.2) is 4.79 Å². The zero-order valence-electron chi connectivity index (χ0n) is 12.8. The Bertz CT molecular complexity index is 553. The van der Waals surface area contributed by atoms with E-state index in [-0.39, 0.29) is 11.5 Å². The van der Waals surface area contributed by atoms with Crippen molar-refractivity contribution in [3.63, 3.8) is 0 Å². The van der Waals surface area contributed by atoms with Crippen molar-refractivity contribution < 1.29 is 14.3 Å². The van der Waals surface area contributed by atoms with Gasteiger partial charge in [0.25, 0.3) is 0 Å². The summed E-state index contributed by atoms with van der Waals surface area (Å²) in [6, 6.07) is 0. The van der Waals surface area contributed by atoms with Gasteiger partial charge in [0.05, 0.1) is 17.2 Å². The maximum absolute atomic E-state index is 12.2. The third-order valence-electron chi connectivity index (χ3n) is 3.69. The van der Waals surface area contributed by atoms with Gasteiger partial charge in [0, 0.05) is 19.5 Å². The fraction of sp³-hybridized carbons (Fsp3) is 0.600. The van der Waals surface area contributed by atoms with E-state index < -0.39 is 5.97 Å². The molecule has 0 spiro atoms. The second-order valence-electron chi connectivity index (χ2n) is 5.36. The van der Waals surface area contributed by atoms with Crippen LogP contribution in [0, 0.1) is 5.92 Å². The van der Waals surface area contributed by atoms with E-state index in [0.717, 1.165) is 24.5 Å². The van der Waals surface area contributed by atoms with Crippen LogP contribution in [0.25, 0.3) is 0 Å². The summed E-state index contributed by atoms with van der Waals surface area (Å²) in [5.41, 5.74) is 6.72. The van der Waals surface area contributed by atoms with Crippen LogP contribution in [0.2, 0.25) is 0 Å². The van der Waals surface area contributed by atoms with Crippen LogP contribution in [0.15, 0.2) is 0 Å². The van der Waals surface area contributed by atoms with Crippen LogP contribution in [-0.4, -0.2) is 31.4 Å². The molecule has 116 valence electrons. The Kier molecular flexibility index (Phi) is 4.88. The lowest BCUT2D eigenvalue weighted by Crippen LogP contribution is -2.21. The Morgan fingerprint density at radius 3 is 2.67 bits per heavy atom. The van der Waals surface area contributed by atoms with Gasteiger partial charge in [-0.1, -0.05) is 13.8 Å². The van der Waals surface area contributed by atoms with Crippen LogP contribution < -0.4 is 10.6 Å². The summed E-state index contributed by atoms with van der Waals surface area (Å²) in [5.74, 6) is 0.117. The first kappa shape index (κ1) is 15.8. The summed E-state index contributed by atoms with van der Waals surface area (Å²) in [6.45, 7) is 7.79. The number of esters is 1. The molecule has 0 radical (unpaired) electrons. The van der Waals surface area contributed by atoms with Crippen LogP contribution in [0.4, 0.5) is 10.7 Å². The third-order valence-corrected chi connectivity index (χ3v) is 5.00. The van der Waals surface area contributed by atoms with Crippen molar-refractivity contribution in [1.29, 1.82) is 0 Å². The quantitative estimate of drug-likeness (QED) is 0.668. The summed E-state index contributed by atoms with van der Waals surface area (Å²) in [7, 11) is 0. The number of hydrogen-bond acceptors (Lipinski definition) is 6. The predicted octanol–water partition coefficient (Wildman–Crippen LogP) is 2.95. The molecule has 5 nitrogen and oxygen atoms in total. The van der Waals surface area contributed by atoms with Crippen molar-refractivity contribution in [3.8, 4) is 0 Å². The van der Waals surface area contributed by atoms with Gasteiger partial charge < -0.3 is 15.4 Å². The van der Waals surface area contributed by atoms with Gasteiger partial charge >= 0.3 is 5.97 Å². The average molecular weight is 310 g/mol. The van der Waals surface area contributed by atoms with Crippen molar-refractivity contribution in [2.75, 3.05) is 30.3 Å². The summed E-state index contributed by atoms with van der Waals surface area (Å²) >= 11 is 1.32. The second kappa shape index (κ2) is 6.47. The van der Waals surface area contributed by atoms with Gasteiger partial charge in [-0.2, -0.15) is 0 Å². The molecule has 1 aromatic heterocycles. The first-order valence-corrected chi connectivity index (χ1v) is 8.18. The van der Waals surface area contributed by atoms with E-state index >= 15 is 0 Å². The third kappa shape index (κ3) is 3.05. The Morgan fingerprint density at radius 2 is 2.14 bits per heavy atom. The van der Waals surface area contributed by atoms with Crippen molar-refractivity contribution in [2.45, 2.75) is 33.6 Å². The van der Waals surface area contributed by atoms with Gasteiger partial charge in [0.1, 0.15) is 10.6 Å². The lowest BCUT2D eigenvalue weighted by Gasteiger charge is -2.17. The van der Waals surface area contributed by atoms with E-state index in [1.165, 1.54) is 11.3 Å². The van der Waals surface area contributed by atoms with Crippen LogP contribution in [0.5, 0.6) is 0 Å². The average Bonchev–Trinajstić information content (AvgIpc) is 3.02. The van der Waals surface area contributed by atoms with E-state index in [2.05, 4.69) is 11.8 Å². The monoisotopic (exact) mass is 310 g/mol. The molecule has 0 bridgehead atoms. The molecule has 2 N–H and O–H groups in total.